The minimum absolute atomic E-state index is 0.362. The minimum Gasteiger partial charge on any atom is -0.302 e. The van der Waals surface area contributed by atoms with Crippen molar-refractivity contribution in [2.75, 3.05) is 19.6 Å². The highest BCUT2D eigenvalue weighted by Gasteiger charge is 2.27. The van der Waals surface area contributed by atoms with Gasteiger partial charge in [-0.1, -0.05) is 82.1 Å². The van der Waals surface area contributed by atoms with Crippen LogP contribution in [0.25, 0.3) is 0 Å². The lowest BCUT2D eigenvalue weighted by Gasteiger charge is -2.34. The van der Waals surface area contributed by atoms with Crippen LogP contribution in [-0.2, 0) is 0 Å². The molecule has 0 aromatic rings. The SMILES string of the molecule is CCCCN(CCCC)CC(Br)(CCCC)CCCC. The van der Waals surface area contributed by atoms with E-state index in [-0.39, 0.29) is 0 Å². The molecule has 0 aliphatic rings. The summed E-state index contributed by atoms with van der Waals surface area (Å²) in [6.07, 6.45) is 13.3. The average Bonchev–Trinajstić information content (AvgIpc) is 2.46. The molecule has 1 nitrogen and oxygen atoms in total. The number of unbranched alkanes of at least 4 members (excludes halogenated alkanes) is 4. The molecule has 0 heterocycles. The molecule has 0 aliphatic heterocycles. The highest BCUT2D eigenvalue weighted by Crippen LogP contribution is 2.32. The van der Waals surface area contributed by atoms with Crippen LogP contribution in [0.1, 0.15) is 91.9 Å². The second-order valence-electron chi connectivity index (χ2n) is 6.34. The largest absolute Gasteiger partial charge is 0.302 e. The van der Waals surface area contributed by atoms with Gasteiger partial charge in [-0.2, -0.15) is 0 Å². The average molecular weight is 348 g/mol. The summed E-state index contributed by atoms with van der Waals surface area (Å²) in [5, 5.41) is 0. The van der Waals surface area contributed by atoms with Gasteiger partial charge in [0.15, 0.2) is 0 Å². The maximum absolute atomic E-state index is 4.13. The summed E-state index contributed by atoms with van der Waals surface area (Å²) in [5.74, 6) is 0. The van der Waals surface area contributed by atoms with E-state index in [1.807, 2.05) is 0 Å². The third kappa shape index (κ3) is 10.2. The highest BCUT2D eigenvalue weighted by atomic mass is 79.9. The van der Waals surface area contributed by atoms with Gasteiger partial charge in [-0.25, -0.2) is 0 Å². The van der Waals surface area contributed by atoms with Crippen LogP contribution in [0.4, 0.5) is 0 Å². The van der Waals surface area contributed by atoms with Gasteiger partial charge in [-0.3, -0.25) is 0 Å². The van der Waals surface area contributed by atoms with Crippen LogP contribution in [-0.4, -0.2) is 28.9 Å². The lowest BCUT2D eigenvalue weighted by atomic mass is 9.94. The number of alkyl halides is 1. The molecular formula is C18H38BrN. The quantitative estimate of drug-likeness (QED) is 0.328. The molecule has 0 aromatic heterocycles. The van der Waals surface area contributed by atoms with Gasteiger partial charge in [-0.15, -0.1) is 0 Å². The fourth-order valence-corrected chi connectivity index (χ4v) is 3.62. The van der Waals surface area contributed by atoms with Gasteiger partial charge in [0.2, 0.25) is 0 Å². The number of nitrogens with zero attached hydrogens (tertiary/aromatic N) is 1. The molecule has 0 spiro atoms. The van der Waals surface area contributed by atoms with Gasteiger partial charge >= 0.3 is 0 Å². The standard InChI is InChI=1S/C18H38BrN/c1-5-9-13-18(19,14-10-6-2)17-20(15-11-7-3)16-12-8-4/h5-17H2,1-4H3. The van der Waals surface area contributed by atoms with E-state index >= 15 is 0 Å². The molecule has 2 heteroatoms. The molecule has 0 aromatic carbocycles. The van der Waals surface area contributed by atoms with Crippen molar-refractivity contribution >= 4 is 15.9 Å². The summed E-state index contributed by atoms with van der Waals surface area (Å²) in [7, 11) is 0. The Balaban J connectivity index is 4.48. The maximum Gasteiger partial charge on any atom is 0.0384 e. The molecule has 0 fully saturated rings. The van der Waals surface area contributed by atoms with E-state index in [1.54, 1.807) is 0 Å². The van der Waals surface area contributed by atoms with Crippen LogP contribution in [0.3, 0.4) is 0 Å². The first kappa shape index (κ1) is 20.4. The van der Waals surface area contributed by atoms with Crippen molar-refractivity contribution in [3.05, 3.63) is 0 Å². The van der Waals surface area contributed by atoms with Crippen molar-refractivity contribution in [3.63, 3.8) is 0 Å². The van der Waals surface area contributed by atoms with Crippen molar-refractivity contribution in [1.82, 2.24) is 4.90 Å². The summed E-state index contributed by atoms with van der Waals surface area (Å²) in [6.45, 7) is 13.0. The second-order valence-corrected chi connectivity index (χ2v) is 8.02. The smallest absolute Gasteiger partial charge is 0.0384 e. The molecule has 0 N–H and O–H groups in total. The first-order valence-corrected chi connectivity index (χ1v) is 9.82. The maximum atomic E-state index is 4.13. The number of halogens is 1. The van der Waals surface area contributed by atoms with E-state index in [2.05, 4.69) is 48.5 Å². The molecule has 20 heavy (non-hydrogen) atoms. The molecule has 0 saturated carbocycles. The zero-order valence-corrected chi connectivity index (χ0v) is 16.1. The van der Waals surface area contributed by atoms with Crippen LogP contribution >= 0.6 is 15.9 Å². The Hall–Kier alpha value is 0.440. The molecule has 0 bridgehead atoms. The highest BCUT2D eigenvalue weighted by molar-refractivity contribution is 9.10. The van der Waals surface area contributed by atoms with Crippen molar-refractivity contribution in [2.45, 2.75) is 96.2 Å². The number of hydrogen-bond donors (Lipinski definition) is 0. The lowest BCUT2D eigenvalue weighted by molar-refractivity contribution is 0.227. The van der Waals surface area contributed by atoms with Gasteiger partial charge in [-0.05, 0) is 38.8 Å². The van der Waals surface area contributed by atoms with Gasteiger partial charge in [0.1, 0.15) is 0 Å². The van der Waals surface area contributed by atoms with E-state index in [0.29, 0.717) is 4.32 Å². The van der Waals surface area contributed by atoms with Crippen LogP contribution in [0.2, 0.25) is 0 Å². The van der Waals surface area contributed by atoms with Crippen molar-refractivity contribution < 1.29 is 0 Å². The monoisotopic (exact) mass is 347 g/mol. The third-order valence-electron chi connectivity index (χ3n) is 4.12. The van der Waals surface area contributed by atoms with E-state index < -0.39 is 0 Å². The van der Waals surface area contributed by atoms with Gasteiger partial charge in [0, 0.05) is 10.9 Å². The minimum atomic E-state index is 0.362. The van der Waals surface area contributed by atoms with Crippen LogP contribution in [0.5, 0.6) is 0 Å². The molecule has 0 amide bonds. The fraction of sp³-hybridized carbons (Fsp3) is 1.00. The van der Waals surface area contributed by atoms with Crippen LogP contribution in [0.15, 0.2) is 0 Å². The zero-order valence-electron chi connectivity index (χ0n) is 14.5. The van der Waals surface area contributed by atoms with Crippen LogP contribution in [0, 0.1) is 0 Å². The van der Waals surface area contributed by atoms with Crippen molar-refractivity contribution in [1.29, 1.82) is 0 Å². The Morgan fingerprint density at radius 1 is 0.700 bits per heavy atom. The lowest BCUT2D eigenvalue weighted by Crippen LogP contribution is -2.40. The van der Waals surface area contributed by atoms with Crippen molar-refractivity contribution in [3.8, 4) is 0 Å². The van der Waals surface area contributed by atoms with Gasteiger partial charge in [0.25, 0.3) is 0 Å². The van der Waals surface area contributed by atoms with Gasteiger partial charge in [0.05, 0.1) is 0 Å². The summed E-state index contributed by atoms with van der Waals surface area (Å²) in [5.41, 5.74) is 0. The van der Waals surface area contributed by atoms with E-state index in [9.17, 15) is 0 Å². The number of rotatable bonds is 14. The summed E-state index contributed by atoms with van der Waals surface area (Å²) < 4.78 is 0.362. The van der Waals surface area contributed by atoms with E-state index in [4.69, 9.17) is 0 Å². The van der Waals surface area contributed by atoms with Crippen molar-refractivity contribution in [2.24, 2.45) is 0 Å². The molecule has 0 rings (SSSR count). The number of hydrogen-bond acceptors (Lipinski definition) is 1. The first-order chi connectivity index (χ1) is 9.61. The summed E-state index contributed by atoms with van der Waals surface area (Å²) in [6, 6.07) is 0. The molecule has 0 aliphatic carbocycles. The molecule has 0 radical (unpaired) electrons. The van der Waals surface area contributed by atoms with Crippen LogP contribution < -0.4 is 0 Å². The molecule has 0 saturated heterocycles. The molecule has 0 atom stereocenters. The molecule has 122 valence electrons. The zero-order chi connectivity index (χ0) is 15.3. The third-order valence-corrected chi connectivity index (χ3v) is 5.16. The Labute approximate surface area is 137 Å². The molecular weight excluding hydrogens is 310 g/mol. The topological polar surface area (TPSA) is 3.24 Å². The van der Waals surface area contributed by atoms with E-state index in [1.165, 1.54) is 83.8 Å². The molecule has 0 unspecified atom stereocenters. The summed E-state index contributed by atoms with van der Waals surface area (Å²) >= 11 is 4.13. The second kappa shape index (κ2) is 13.1. The Bertz CT molecular complexity index is 190. The predicted octanol–water partition coefficient (Wildman–Crippen LogP) is 6.40. The Morgan fingerprint density at radius 2 is 1.10 bits per heavy atom. The van der Waals surface area contributed by atoms with E-state index in [0.717, 1.165) is 0 Å². The Kier molecular flexibility index (Phi) is 13.4. The normalized spacial score (nSPS) is 12.3. The predicted molar refractivity (Wildman–Crippen MR) is 97.0 cm³/mol. The summed E-state index contributed by atoms with van der Waals surface area (Å²) in [4.78, 5) is 2.72. The Morgan fingerprint density at radius 3 is 1.45 bits per heavy atom. The fourth-order valence-electron chi connectivity index (χ4n) is 2.70. The van der Waals surface area contributed by atoms with Gasteiger partial charge < -0.3 is 4.90 Å². The first-order valence-electron chi connectivity index (χ1n) is 9.03.